The highest BCUT2D eigenvalue weighted by Crippen LogP contribution is 2.32. The topological polar surface area (TPSA) is 65.5 Å². The van der Waals surface area contributed by atoms with Crippen molar-refractivity contribution in [2.45, 2.75) is 32.7 Å². The van der Waals surface area contributed by atoms with Crippen LogP contribution in [0.2, 0.25) is 0 Å². The first-order valence-corrected chi connectivity index (χ1v) is 9.49. The van der Waals surface area contributed by atoms with Gasteiger partial charge in [-0.25, -0.2) is 4.98 Å². The minimum Gasteiger partial charge on any atom is -0.338 e. The smallest absolute Gasteiger partial charge is 0.246 e. The fraction of sp³-hybridized carbons (Fsp3) is 0.550. The average molecular weight is 354 g/mol. The van der Waals surface area contributed by atoms with Crippen molar-refractivity contribution in [3.05, 3.63) is 29.5 Å². The van der Waals surface area contributed by atoms with Gasteiger partial charge in [0.1, 0.15) is 5.82 Å². The summed E-state index contributed by atoms with van der Waals surface area (Å²) in [5.41, 5.74) is 1.93. The van der Waals surface area contributed by atoms with Gasteiger partial charge < -0.3 is 15.1 Å². The van der Waals surface area contributed by atoms with Gasteiger partial charge in [-0.1, -0.05) is 0 Å². The van der Waals surface area contributed by atoms with Crippen LogP contribution in [0.15, 0.2) is 18.3 Å². The van der Waals surface area contributed by atoms with Crippen LogP contribution in [0.5, 0.6) is 0 Å². The van der Waals surface area contributed by atoms with Gasteiger partial charge in [0.2, 0.25) is 11.8 Å². The van der Waals surface area contributed by atoms with Gasteiger partial charge in [0.05, 0.1) is 0 Å². The van der Waals surface area contributed by atoms with Crippen LogP contribution in [0.3, 0.4) is 0 Å². The molecule has 3 aliphatic heterocycles. The summed E-state index contributed by atoms with van der Waals surface area (Å²) in [5.74, 6) is 1.97. The number of hydrogen-bond donors (Lipinski definition) is 1. The molecule has 2 amide bonds. The number of hydrogen-bond acceptors (Lipinski definition) is 4. The largest absolute Gasteiger partial charge is 0.338 e. The van der Waals surface area contributed by atoms with Crippen molar-refractivity contribution in [1.82, 2.24) is 14.8 Å². The maximum absolute atomic E-state index is 12.5. The van der Waals surface area contributed by atoms with Crippen molar-refractivity contribution < 1.29 is 9.59 Å². The van der Waals surface area contributed by atoms with E-state index in [1.807, 2.05) is 17.0 Å². The highest BCUT2D eigenvalue weighted by Gasteiger charge is 2.41. The molecule has 1 aromatic heterocycles. The Morgan fingerprint density at radius 1 is 1.23 bits per heavy atom. The molecule has 2 atom stereocenters. The summed E-state index contributed by atoms with van der Waals surface area (Å²) in [6.45, 7) is 8.43. The monoisotopic (exact) mass is 354 g/mol. The van der Waals surface area contributed by atoms with E-state index in [0.29, 0.717) is 36.5 Å². The molecule has 0 spiro atoms. The van der Waals surface area contributed by atoms with E-state index in [0.717, 1.165) is 37.3 Å². The number of aromatic nitrogens is 1. The first kappa shape index (κ1) is 17.2. The molecule has 0 aromatic carbocycles. The van der Waals surface area contributed by atoms with E-state index in [1.165, 1.54) is 0 Å². The van der Waals surface area contributed by atoms with Gasteiger partial charge >= 0.3 is 0 Å². The Balaban J connectivity index is 1.37. The SMILES string of the molecule is CC(C)N1CC2CN(C(=O)C=Cc3cnc4c(c3)CCC(=O)N4)CC2C1. The molecule has 4 rings (SSSR count). The Morgan fingerprint density at radius 2 is 1.96 bits per heavy atom. The molecule has 0 radical (unpaired) electrons. The number of nitrogens with zero attached hydrogens (tertiary/aromatic N) is 3. The van der Waals surface area contributed by atoms with Crippen LogP contribution in [-0.2, 0) is 16.0 Å². The normalized spacial score (nSPS) is 25.7. The molecule has 138 valence electrons. The minimum absolute atomic E-state index is 0.0130. The third-order valence-corrected chi connectivity index (χ3v) is 5.84. The number of carbonyl (C=O) groups is 2. The minimum atomic E-state index is 0.0130. The van der Waals surface area contributed by atoms with Crippen LogP contribution in [0, 0.1) is 11.8 Å². The fourth-order valence-electron chi connectivity index (χ4n) is 4.27. The zero-order valence-corrected chi connectivity index (χ0v) is 15.4. The van der Waals surface area contributed by atoms with Gasteiger partial charge in [-0.3, -0.25) is 9.59 Å². The second-order valence-electron chi connectivity index (χ2n) is 7.97. The fourth-order valence-corrected chi connectivity index (χ4v) is 4.27. The molecule has 6 nitrogen and oxygen atoms in total. The lowest BCUT2D eigenvalue weighted by Gasteiger charge is -2.23. The summed E-state index contributed by atoms with van der Waals surface area (Å²) >= 11 is 0. The van der Waals surface area contributed by atoms with Crippen LogP contribution < -0.4 is 5.32 Å². The highest BCUT2D eigenvalue weighted by atomic mass is 16.2. The summed E-state index contributed by atoms with van der Waals surface area (Å²) in [6.07, 6.45) is 6.39. The van der Waals surface area contributed by atoms with E-state index < -0.39 is 0 Å². The van der Waals surface area contributed by atoms with Crippen molar-refractivity contribution in [2.75, 3.05) is 31.5 Å². The zero-order chi connectivity index (χ0) is 18.3. The van der Waals surface area contributed by atoms with E-state index in [-0.39, 0.29) is 11.8 Å². The van der Waals surface area contributed by atoms with E-state index in [4.69, 9.17) is 0 Å². The lowest BCUT2D eigenvalue weighted by atomic mass is 10.0. The number of aryl methyl sites for hydroxylation is 1. The van der Waals surface area contributed by atoms with Crippen LogP contribution in [0.25, 0.3) is 6.08 Å². The first-order chi connectivity index (χ1) is 12.5. The molecule has 0 aliphatic carbocycles. The summed E-state index contributed by atoms with van der Waals surface area (Å²) < 4.78 is 0. The summed E-state index contributed by atoms with van der Waals surface area (Å²) in [4.78, 5) is 32.7. The second kappa shape index (κ2) is 6.83. The molecule has 1 aromatic rings. The summed E-state index contributed by atoms with van der Waals surface area (Å²) in [6, 6.07) is 2.59. The number of carbonyl (C=O) groups excluding carboxylic acids is 2. The molecule has 3 aliphatic rings. The van der Waals surface area contributed by atoms with E-state index in [9.17, 15) is 9.59 Å². The molecule has 26 heavy (non-hydrogen) atoms. The number of rotatable bonds is 3. The highest BCUT2D eigenvalue weighted by molar-refractivity contribution is 5.94. The van der Waals surface area contributed by atoms with E-state index >= 15 is 0 Å². The molecule has 4 heterocycles. The van der Waals surface area contributed by atoms with Gasteiger partial charge in [-0.2, -0.15) is 0 Å². The first-order valence-electron chi connectivity index (χ1n) is 9.49. The third kappa shape index (κ3) is 3.38. The maximum Gasteiger partial charge on any atom is 0.246 e. The molecular formula is C20H26N4O2. The molecule has 0 bridgehead atoms. The number of fused-ring (bicyclic) bond motifs is 2. The Labute approximate surface area is 154 Å². The molecule has 6 heteroatoms. The van der Waals surface area contributed by atoms with Crippen molar-refractivity contribution in [1.29, 1.82) is 0 Å². The van der Waals surface area contributed by atoms with Gasteiger partial charge in [-0.05, 0) is 55.4 Å². The molecular weight excluding hydrogens is 328 g/mol. The predicted octanol–water partition coefficient (Wildman–Crippen LogP) is 1.78. The van der Waals surface area contributed by atoms with E-state index in [2.05, 4.69) is 29.0 Å². The van der Waals surface area contributed by atoms with Crippen LogP contribution in [-0.4, -0.2) is 58.8 Å². The standard InChI is InChI=1S/C20H26N4O2/c1-13(2)23-9-16-11-24(12-17(16)10-23)19(26)6-3-14-7-15-4-5-18(25)22-20(15)21-8-14/h3,6-8,13,16-17H,4-5,9-12H2,1-2H3,(H,21,22,25). The van der Waals surface area contributed by atoms with Gasteiger partial charge in [0, 0.05) is 50.9 Å². The summed E-state index contributed by atoms with van der Waals surface area (Å²) in [7, 11) is 0. The molecule has 2 unspecified atom stereocenters. The Hall–Kier alpha value is -2.21. The summed E-state index contributed by atoms with van der Waals surface area (Å²) in [5, 5.41) is 2.78. The number of likely N-dealkylation sites (tertiary alicyclic amines) is 2. The Morgan fingerprint density at radius 3 is 2.65 bits per heavy atom. The lowest BCUT2D eigenvalue weighted by molar-refractivity contribution is -0.125. The third-order valence-electron chi connectivity index (χ3n) is 5.84. The number of pyridine rings is 1. The average Bonchev–Trinajstić information content (AvgIpc) is 3.18. The van der Waals surface area contributed by atoms with Crippen LogP contribution in [0.1, 0.15) is 31.4 Å². The quantitative estimate of drug-likeness (QED) is 0.841. The van der Waals surface area contributed by atoms with Gasteiger partial charge in [0.25, 0.3) is 0 Å². The maximum atomic E-state index is 12.5. The van der Waals surface area contributed by atoms with Crippen LogP contribution >= 0.6 is 0 Å². The van der Waals surface area contributed by atoms with Crippen LogP contribution in [0.4, 0.5) is 5.82 Å². The van der Waals surface area contributed by atoms with Gasteiger partial charge in [-0.15, -0.1) is 0 Å². The molecule has 1 N–H and O–H groups in total. The molecule has 2 fully saturated rings. The van der Waals surface area contributed by atoms with Crippen molar-refractivity contribution in [3.63, 3.8) is 0 Å². The number of amides is 2. The Bertz CT molecular complexity index is 744. The zero-order valence-electron chi connectivity index (χ0n) is 15.4. The predicted molar refractivity (Wildman–Crippen MR) is 100 cm³/mol. The van der Waals surface area contributed by atoms with Crippen molar-refractivity contribution in [2.24, 2.45) is 11.8 Å². The van der Waals surface area contributed by atoms with Crippen molar-refractivity contribution in [3.8, 4) is 0 Å². The number of nitrogens with one attached hydrogen (secondary N) is 1. The second-order valence-corrected chi connectivity index (χ2v) is 7.97. The number of anilines is 1. The molecule has 0 saturated carbocycles. The van der Waals surface area contributed by atoms with Gasteiger partial charge in [0.15, 0.2) is 0 Å². The van der Waals surface area contributed by atoms with E-state index in [1.54, 1.807) is 12.3 Å². The molecule has 2 saturated heterocycles. The van der Waals surface area contributed by atoms with Crippen molar-refractivity contribution >= 4 is 23.7 Å². The Kier molecular flexibility index (Phi) is 4.53. The lowest BCUT2D eigenvalue weighted by Crippen LogP contribution is -2.34.